The van der Waals surface area contributed by atoms with Crippen LogP contribution in [0.3, 0.4) is 0 Å². The van der Waals surface area contributed by atoms with Gasteiger partial charge in [-0.2, -0.15) is 8.42 Å². The molecule has 1 aromatic rings. The molecule has 14 heavy (non-hydrogen) atoms. The minimum Gasteiger partial charge on any atom is -0.285 e. The first kappa shape index (κ1) is 11.1. The van der Waals surface area contributed by atoms with Crippen molar-refractivity contribution in [1.29, 1.82) is 0 Å². The van der Waals surface area contributed by atoms with Gasteiger partial charge in [-0.25, -0.2) is 8.78 Å². The van der Waals surface area contributed by atoms with E-state index in [4.69, 9.17) is 4.55 Å². The maximum absolute atomic E-state index is 12.7. The van der Waals surface area contributed by atoms with Crippen LogP contribution in [-0.4, -0.2) is 13.0 Å². The summed E-state index contributed by atoms with van der Waals surface area (Å²) in [6.45, 7) is 1.14. The minimum absolute atomic E-state index is 0.120. The van der Waals surface area contributed by atoms with E-state index >= 15 is 0 Å². The Hall–Kier alpha value is -1.01. The molecule has 0 aromatic heterocycles. The van der Waals surface area contributed by atoms with Gasteiger partial charge in [0.15, 0.2) is 0 Å². The Morgan fingerprint density at radius 1 is 1.21 bits per heavy atom. The minimum atomic E-state index is -4.32. The Bertz CT molecular complexity index is 422. The maximum Gasteiger partial charge on any atom is 0.271 e. The van der Waals surface area contributed by atoms with Crippen LogP contribution in [0.2, 0.25) is 0 Å². The molecule has 0 saturated carbocycles. The van der Waals surface area contributed by atoms with Gasteiger partial charge < -0.3 is 0 Å². The second-order valence-corrected chi connectivity index (χ2v) is 4.60. The van der Waals surface area contributed by atoms with Gasteiger partial charge in [0.1, 0.15) is 16.9 Å². The van der Waals surface area contributed by atoms with Crippen LogP contribution in [0.15, 0.2) is 18.2 Å². The fraction of sp³-hybridized carbons (Fsp3) is 0.250. The molecule has 0 radical (unpaired) electrons. The first-order valence-electron chi connectivity index (χ1n) is 3.73. The van der Waals surface area contributed by atoms with Gasteiger partial charge in [-0.3, -0.25) is 4.55 Å². The van der Waals surface area contributed by atoms with E-state index in [1.165, 1.54) is 0 Å². The molecule has 0 aliphatic carbocycles. The maximum atomic E-state index is 12.7. The van der Waals surface area contributed by atoms with Gasteiger partial charge >= 0.3 is 0 Å². The predicted octanol–water partition coefficient (Wildman–Crippen LogP) is 1.91. The molecule has 0 saturated heterocycles. The molecule has 0 spiro atoms. The van der Waals surface area contributed by atoms with E-state index in [0.717, 1.165) is 19.1 Å². The fourth-order valence-corrected chi connectivity index (χ4v) is 1.46. The summed E-state index contributed by atoms with van der Waals surface area (Å²) in [4.78, 5) is 0. The summed E-state index contributed by atoms with van der Waals surface area (Å²) in [5.74, 6) is -1.76. The number of benzene rings is 1. The summed E-state index contributed by atoms with van der Waals surface area (Å²) in [6, 6.07) is 2.35. The van der Waals surface area contributed by atoms with Crippen molar-refractivity contribution in [3.05, 3.63) is 35.4 Å². The van der Waals surface area contributed by atoms with E-state index in [0.29, 0.717) is 6.07 Å². The average Bonchev–Trinajstić information content (AvgIpc) is 1.99. The van der Waals surface area contributed by atoms with E-state index in [1.54, 1.807) is 0 Å². The van der Waals surface area contributed by atoms with Crippen molar-refractivity contribution < 1.29 is 21.8 Å². The Labute approximate surface area is 80.1 Å². The van der Waals surface area contributed by atoms with Crippen molar-refractivity contribution in [2.45, 2.75) is 12.2 Å². The van der Waals surface area contributed by atoms with E-state index in [1.807, 2.05) is 0 Å². The highest BCUT2D eigenvalue weighted by atomic mass is 32.2. The largest absolute Gasteiger partial charge is 0.285 e. The third-order valence-corrected chi connectivity index (χ3v) is 2.97. The van der Waals surface area contributed by atoms with Crippen molar-refractivity contribution in [2.75, 3.05) is 0 Å². The summed E-state index contributed by atoms with van der Waals surface area (Å²) in [6.07, 6.45) is 0. The average molecular weight is 222 g/mol. The summed E-state index contributed by atoms with van der Waals surface area (Å²) < 4.78 is 55.3. The van der Waals surface area contributed by atoms with Crippen molar-refractivity contribution in [2.24, 2.45) is 0 Å². The summed E-state index contributed by atoms with van der Waals surface area (Å²) >= 11 is 0. The molecular formula is C8H8F2O3S. The lowest BCUT2D eigenvalue weighted by molar-refractivity contribution is 0.471. The first-order valence-corrected chi connectivity index (χ1v) is 5.23. The molecule has 1 rings (SSSR count). The van der Waals surface area contributed by atoms with Gasteiger partial charge in [-0.05, 0) is 24.6 Å². The van der Waals surface area contributed by atoms with Crippen LogP contribution in [0.5, 0.6) is 0 Å². The summed E-state index contributed by atoms with van der Waals surface area (Å²) in [7, 11) is -4.32. The van der Waals surface area contributed by atoms with E-state index in [9.17, 15) is 17.2 Å². The van der Waals surface area contributed by atoms with E-state index in [-0.39, 0.29) is 5.56 Å². The van der Waals surface area contributed by atoms with Gasteiger partial charge in [0.05, 0.1) is 0 Å². The summed E-state index contributed by atoms with van der Waals surface area (Å²) in [5.41, 5.74) is -0.120. The quantitative estimate of drug-likeness (QED) is 0.777. The number of halogens is 2. The molecule has 1 atom stereocenters. The van der Waals surface area contributed by atoms with Crippen LogP contribution in [0.4, 0.5) is 8.78 Å². The molecule has 78 valence electrons. The zero-order chi connectivity index (χ0) is 10.9. The molecule has 6 heteroatoms. The van der Waals surface area contributed by atoms with Crippen molar-refractivity contribution in [3.63, 3.8) is 0 Å². The number of rotatable bonds is 2. The van der Waals surface area contributed by atoms with Crippen LogP contribution < -0.4 is 0 Å². The molecule has 1 aromatic carbocycles. The molecule has 0 fully saturated rings. The number of hydrogen-bond acceptors (Lipinski definition) is 2. The van der Waals surface area contributed by atoms with Crippen LogP contribution in [0, 0.1) is 11.6 Å². The lowest BCUT2D eigenvalue weighted by atomic mass is 10.1. The molecule has 0 heterocycles. The zero-order valence-electron chi connectivity index (χ0n) is 7.24. The van der Waals surface area contributed by atoms with Crippen LogP contribution in [0.1, 0.15) is 17.7 Å². The second kappa shape index (κ2) is 3.62. The Balaban J connectivity index is 3.20. The number of hydrogen-bond donors (Lipinski definition) is 1. The van der Waals surface area contributed by atoms with Crippen LogP contribution in [-0.2, 0) is 10.1 Å². The van der Waals surface area contributed by atoms with Crippen LogP contribution >= 0.6 is 0 Å². The lowest BCUT2D eigenvalue weighted by Gasteiger charge is -2.08. The molecule has 3 nitrogen and oxygen atoms in total. The summed E-state index contributed by atoms with van der Waals surface area (Å²) in [5, 5.41) is -1.34. The Morgan fingerprint density at radius 2 is 1.64 bits per heavy atom. The monoisotopic (exact) mass is 222 g/mol. The van der Waals surface area contributed by atoms with Crippen molar-refractivity contribution >= 4 is 10.1 Å². The smallest absolute Gasteiger partial charge is 0.271 e. The Kier molecular flexibility index (Phi) is 2.86. The zero-order valence-corrected chi connectivity index (χ0v) is 8.05. The van der Waals surface area contributed by atoms with Gasteiger partial charge in [-0.15, -0.1) is 0 Å². The molecule has 0 amide bonds. The third kappa shape index (κ3) is 2.49. The third-order valence-electron chi connectivity index (χ3n) is 1.80. The van der Waals surface area contributed by atoms with E-state index < -0.39 is 27.0 Å². The van der Waals surface area contributed by atoms with Gasteiger partial charge in [0.2, 0.25) is 0 Å². The molecule has 1 N–H and O–H groups in total. The normalized spacial score (nSPS) is 14.0. The lowest BCUT2D eigenvalue weighted by Crippen LogP contribution is -2.08. The van der Waals surface area contributed by atoms with Gasteiger partial charge in [-0.1, -0.05) is 0 Å². The second-order valence-electron chi connectivity index (χ2n) is 2.86. The molecule has 1 unspecified atom stereocenters. The fourth-order valence-electron chi connectivity index (χ4n) is 0.982. The van der Waals surface area contributed by atoms with Crippen molar-refractivity contribution in [1.82, 2.24) is 0 Å². The standard InChI is InChI=1S/C8H8F2O3S/c1-5(14(11,12)13)6-2-7(9)4-8(10)3-6/h2-5H,1H3,(H,11,12,13). The Morgan fingerprint density at radius 3 is 2.00 bits per heavy atom. The molecular weight excluding hydrogens is 214 g/mol. The molecule has 0 aliphatic heterocycles. The van der Waals surface area contributed by atoms with Gasteiger partial charge in [0, 0.05) is 6.07 Å². The predicted molar refractivity (Wildman–Crippen MR) is 46.3 cm³/mol. The van der Waals surface area contributed by atoms with Gasteiger partial charge in [0.25, 0.3) is 10.1 Å². The SMILES string of the molecule is CC(c1cc(F)cc(F)c1)S(=O)(=O)O. The van der Waals surface area contributed by atoms with Crippen LogP contribution in [0.25, 0.3) is 0 Å². The highest BCUT2D eigenvalue weighted by Gasteiger charge is 2.20. The molecule has 0 bridgehead atoms. The molecule has 0 aliphatic rings. The van der Waals surface area contributed by atoms with E-state index in [2.05, 4.69) is 0 Å². The first-order chi connectivity index (χ1) is 6.30. The topological polar surface area (TPSA) is 54.4 Å². The van der Waals surface area contributed by atoms with Crippen molar-refractivity contribution in [3.8, 4) is 0 Å². The highest BCUT2D eigenvalue weighted by molar-refractivity contribution is 7.86. The highest BCUT2D eigenvalue weighted by Crippen LogP contribution is 2.22.